The fourth-order valence-electron chi connectivity index (χ4n) is 2.82. The molecule has 2 rings (SSSR count). The standard InChI is InChI=1S/C18H25FN4O.HI/c1-3-21-18(23-9-7-16(8-10-23)24-4-2)22-13-15-11-14(12-20)5-6-17(15)19;/h5-6,11,16H,3-4,7-10,13H2,1-2H3,(H,21,22);1H. The van der Waals surface area contributed by atoms with Crippen LogP contribution in [0.15, 0.2) is 23.2 Å². The predicted octanol–water partition coefficient (Wildman–Crippen LogP) is 3.28. The summed E-state index contributed by atoms with van der Waals surface area (Å²) >= 11 is 0. The van der Waals surface area contributed by atoms with E-state index in [0.29, 0.717) is 17.2 Å². The van der Waals surface area contributed by atoms with Crippen molar-refractivity contribution in [3.8, 4) is 6.07 Å². The van der Waals surface area contributed by atoms with Crippen LogP contribution < -0.4 is 5.32 Å². The fraction of sp³-hybridized carbons (Fsp3) is 0.556. The molecule has 0 radical (unpaired) electrons. The zero-order chi connectivity index (χ0) is 17.4. The van der Waals surface area contributed by atoms with Crippen LogP contribution in [0.5, 0.6) is 0 Å². The van der Waals surface area contributed by atoms with Gasteiger partial charge < -0.3 is 15.0 Å². The molecular formula is C18H26FIN4O. The largest absolute Gasteiger partial charge is 0.378 e. The van der Waals surface area contributed by atoms with E-state index in [1.807, 2.05) is 19.9 Å². The quantitative estimate of drug-likeness (QED) is 0.416. The van der Waals surface area contributed by atoms with Crippen LogP contribution >= 0.6 is 24.0 Å². The molecular weight excluding hydrogens is 434 g/mol. The monoisotopic (exact) mass is 460 g/mol. The average Bonchev–Trinajstić information content (AvgIpc) is 2.61. The molecule has 0 spiro atoms. The first-order valence-electron chi connectivity index (χ1n) is 8.51. The van der Waals surface area contributed by atoms with Gasteiger partial charge in [0.15, 0.2) is 5.96 Å². The zero-order valence-corrected chi connectivity index (χ0v) is 17.1. The van der Waals surface area contributed by atoms with E-state index in [9.17, 15) is 4.39 Å². The SMILES string of the molecule is CCNC(=NCc1cc(C#N)ccc1F)N1CCC(OCC)CC1.I. The van der Waals surface area contributed by atoms with Crippen molar-refractivity contribution in [2.45, 2.75) is 39.3 Å². The van der Waals surface area contributed by atoms with Crippen molar-refractivity contribution in [2.24, 2.45) is 4.99 Å². The number of nitrogens with zero attached hydrogens (tertiary/aromatic N) is 3. The first kappa shape index (κ1) is 21.6. The van der Waals surface area contributed by atoms with Crippen LogP contribution in [0.4, 0.5) is 4.39 Å². The highest BCUT2D eigenvalue weighted by molar-refractivity contribution is 14.0. The van der Waals surface area contributed by atoms with Crippen molar-refractivity contribution in [2.75, 3.05) is 26.2 Å². The molecule has 1 aliphatic heterocycles. The van der Waals surface area contributed by atoms with Gasteiger partial charge in [0.05, 0.1) is 24.3 Å². The first-order chi connectivity index (χ1) is 11.7. The number of ether oxygens (including phenoxy) is 1. The summed E-state index contributed by atoms with van der Waals surface area (Å²) < 4.78 is 19.6. The van der Waals surface area contributed by atoms with Crippen molar-refractivity contribution in [1.82, 2.24) is 10.2 Å². The fourth-order valence-corrected chi connectivity index (χ4v) is 2.82. The molecule has 1 aromatic carbocycles. The molecule has 138 valence electrons. The van der Waals surface area contributed by atoms with Gasteiger partial charge in [0.2, 0.25) is 0 Å². The number of halogens is 2. The van der Waals surface area contributed by atoms with Crippen LogP contribution in [0.2, 0.25) is 0 Å². The number of hydrogen-bond donors (Lipinski definition) is 1. The van der Waals surface area contributed by atoms with Crippen molar-refractivity contribution in [3.63, 3.8) is 0 Å². The second kappa shape index (κ2) is 11.3. The van der Waals surface area contributed by atoms with Gasteiger partial charge in [-0.15, -0.1) is 24.0 Å². The normalized spacial score (nSPS) is 15.4. The number of aliphatic imine (C=N–C) groups is 1. The lowest BCUT2D eigenvalue weighted by Gasteiger charge is -2.34. The number of hydrogen-bond acceptors (Lipinski definition) is 3. The van der Waals surface area contributed by atoms with E-state index in [0.717, 1.165) is 45.0 Å². The Labute approximate surface area is 166 Å². The second-order valence-electron chi connectivity index (χ2n) is 5.73. The van der Waals surface area contributed by atoms with Crippen molar-refractivity contribution < 1.29 is 9.13 Å². The molecule has 0 bridgehead atoms. The Morgan fingerprint density at radius 1 is 1.40 bits per heavy atom. The van der Waals surface area contributed by atoms with Gasteiger partial charge in [0.25, 0.3) is 0 Å². The number of nitrogens with one attached hydrogen (secondary N) is 1. The molecule has 25 heavy (non-hydrogen) atoms. The molecule has 0 amide bonds. The summed E-state index contributed by atoms with van der Waals surface area (Å²) in [6.45, 7) is 7.49. The lowest BCUT2D eigenvalue weighted by atomic mass is 10.1. The summed E-state index contributed by atoms with van der Waals surface area (Å²) in [5.74, 6) is 0.456. The summed E-state index contributed by atoms with van der Waals surface area (Å²) in [5.41, 5.74) is 0.887. The van der Waals surface area contributed by atoms with E-state index in [1.54, 1.807) is 6.07 Å². The molecule has 0 aromatic heterocycles. The van der Waals surface area contributed by atoms with E-state index in [2.05, 4.69) is 15.2 Å². The molecule has 0 atom stereocenters. The summed E-state index contributed by atoms with van der Waals surface area (Å²) in [4.78, 5) is 6.74. The molecule has 1 aliphatic rings. The van der Waals surface area contributed by atoms with Crippen LogP contribution in [0.25, 0.3) is 0 Å². The first-order valence-corrected chi connectivity index (χ1v) is 8.51. The lowest BCUT2D eigenvalue weighted by Crippen LogP contribution is -2.47. The third-order valence-corrected chi connectivity index (χ3v) is 4.05. The van der Waals surface area contributed by atoms with E-state index >= 15 is 0 Å². The number of nitriles is 1. The van der Waals surface area contributed by atoms with Crippen molar-refractivity contribution >= 4 is 29.9 Å². The Balaban J connectivity index is 0.00000312. The zero-order valence-electron chi connectivity index (χ0n) is 14.8. The third kappa shape index (κ3) is 6.44. The average molecular weight is 460 g/mol. The number of guanidine groups is 1. The maximum absolute atomic E-state index is 13.9. The van der Waals surface area contributed by atoms with Crippen LogP contribution in [0.1, 0.15) is 37.8 Å². The molecule has 0 saturated carbocycles. The number of piperidine rings is 1. The Kier molecular flexibility index (Phi) is 9.75. The van der Waals surface area contributed by atoms with E-state index < -0.39 is 0 Å². The Morgan fingerprint density at radius 3 is 2.72 bits per heavy atom. The van der Waals surface area contributed by atoms with Crippen LogP contribution in [-0.2, 0) is 11.3 Å². The number of rotatable bonds is 5. The summed E-state index contributed by atoms with van der Waals surface area (Å²) in [5, 5.41) is 12.2. The minimum atomic E-state index is -0.330. The van der Waals surface area contributed by atoms with E-state index in [4.69, 9.17) is 10.00 Å². The molecule has 5 nitrogen and oxygen atoms in total. The Hall–Kier alpha value is -1.40. The maximum Gasteiger partial charge on any atom is 0.194 e. The second-order valence-corrected chi connectivity index (χ2v) is 5.73. The van der Waals surface area contributed by atoms with Crippen LogP contribution in [0, 0.1) is 17.1 Å². The highest BCUT2D eigenvalue weighted by atomic mass is 127. The van der Waals surface area contributed by atoms with Gasteiger partial charge in [-0.2, -0.15) is 5.26 Å². The van der Waals surface area contributed by atoms with Crippen molar-refractivity contribution in [3.05, 3.63) is 35.1 Å². The van der Waals surface area contributed by atoms with E-state index in [-0.39, 0.29) is 36.3 Å². The van der Waals surface area contributed by atoms with Gasteiger partial charge >= 0.3 is 0 Å². The lowest BCUT2D eigenvalue weighted by molar-refractivity contribution is 0.0263. The molecule has 7 heteroatoms. The van der Waals surface area contributed by atoms with Crippen LogP contribution in [0.3, 0.4) is 0 Å². The smallest absolute Gasteiger partial charge is 0.194 e. The van der Waals surface area contributed by atoms with Gasteiger partial charge in [-0.05, 0) is 44.9 Å². The molecule has 0 unspecified atom stereocenters. The highest BCUT2D eigenvalue weighted by Gasteiger charge is 2.21. The van der Waals surface area contributed by atoms with E-state index in [1.165, 1.54) is 12.1 Å². The van der Waals surface area contributed by atoms with Gasteiger partial charge in [0, 0.05) is 31.8 Å². The minimum Gasteiger partial charge on any atom is -0.378 e. The maximum atomic E-state index is 13.9. The molecule has 1 aromatic rings. The summed E-state index contributed by atoms with van der Waals surface area (Å²) in [6, 6.07) is 6.39. The minimum absolute atomic E-state index is 0. The van der Waals surface area contributed by atoms with Crippen LogP contribution in [-0.4, -0.2) is 43.2 Å². The Morgan fingerprint density at radius 2 is 2.12 bits per heavy atom. The Bertz CT molecular complexity index is 610. The van der Waals surface area contributed by atoms with Gasteiger partial charge in [-0.3, -0.25) is 0 Å². The summed E-state index contributed by atoms with van der Waals surface area (Å²) in [7, 11) is 0. The van der Waals surface area contributed by atoms with Gasteiger partial charge in [-0.1, -0.05) is 0 Å². The molecule has 1 N–H and O–H groups in total. The topological polar surface area (TPSA) is 60.7 Å². The molecule has 1 fully saturated rings. The number of benzene rings is 1. The summed E-state index contributed by atoms with van der Waals surface area (Å²) in [6.07, 6.45) is 2.26. The van der Waals surface area contributed by atoms with Crippen molar-refractivity contribution in [1.29, 1.82) is 5.26 Å². The molecule has 0 aliphatic carbocycles. The number of likely N-dealkylation sites (tertiary alicyclic amines) is 1. The third-order valence-electron chi connectivity index (χ3n) is 4.05. The highest BCUT2D eigenvalue weighted by Crippen LogP contribution is 2.15. The van der Waals surface area contributed by atoms with Gasteiger partial charge in [-0.25, -0.2) is 9.38 Å². The molecule has 1 heterocycles. The van der Waals surface area contributed by atoms with Gasteiger partial charge in [0.1, 0.15) is 5.82 Å². The molecule has 1 saturated heterocycles. The predicted molar refractivity (Wildman–Crippen MR) is 108 cm³/mol.